The number of hydrogen-bond acceptors (Lipinski definition) is 6. The maximum Gasteiger partial charge on any atom is 0.333 e. The van der Waals surface area contributed by atoms with Crippen LogP contribution in [0.3, 0.4) is 0 Å². The Morgan fingerprint density at radius 2 is 2.00 bits per heavy atom. The molecule has 0 spiro atoms. The molecule has 1 saturated heterocycles. The molecular weight excluding hydrogens is 382 g/mol. The average molecular weight is 403 g/mol. The number of rotatable bonds is 8. The van der Waals surface area contributed by atoms with Crippen LogP contribution in [0.25, 0.3) is 0 Å². The Labute approximate surface area is 167 Å². The van der Waals surface area contributed by atoms with E-state index in [1.807, 2.05) is 6.92 Å². The van der Waals surface area contributed by atoms with Crippen LogP contribution in [0, 0.1) is 5.82 Å². The molecule has 1 radical (unpaired) electrons. The predicted octanol–water partition coefficient (Wildman–Crippen LogP) is 0.886. The monoisotopic (exact) mass is 403 g/mol. The van der Waals surface area contributed by atoms with Crippen LogP contribution in [0.1, 0.15) is 61.4 Å². The summed E-state index contributed by atoms with van der Waals surface area (Å²) in [5.41, 5.74) is 1.23. The van der Waals surface area contributed by atoms with Crippen LogP contribution in [0.15, 0.2) is 12.1 Å². The molecule has 1 fully saturated rings. The molecule has 1 atom stereocenters. The molecule has 3 amide bonds. The Balaban J connectivity index is 1.38. The van der Waals surface area contributed by atoms with E-state index in [-0.39, 0.29) is 43.4 Å². The third kappa shape index (κ3) is 5.20. The Kier molecular flexibility index (Phi) is 6.63. The molecular formula is C19H21BFN2O6. The summed E-state index contributed by atoms with van der Waals surface area (Å²) in [4.78, 5) is 51.6. The lowest BCUT2D eigenvalue weighted by molar-refractivity contribution is -0.197. The highest BCUT2D eigenvalue weighted by atomic mass is 19.1. The van der Waals surface area contributed by atoms with Crippen molar-refractivity contribution < 1.29 is 33.1 Å². The molecule has 1 unspecified atom stereocenters. The summed E-state index contributed by atoms with van der Waals surface area (Å²) in [5, 5.41) is 3.33. The number of carbonyl (C=O) groups is 4. The largest absolute Gasteiger partial charge is 0.430 e. The highest BCUT2D eigenvalue weighted by molar-refractivity contribution is 6.49. The molecule has 2 heterocycles. The van der Waals surface area contributed by atoms with E-state index in [4.69, 9.17) is 9.49 Å². The predicted molar refractivity (Wildman–Crippen MR) is 99.2 cm³/mol. The lowest BCUT2D eigenvalue weighted by Gasteiger charge is -2.15. The molecule has 1 N–H and O–H groups in total. The van der Waals surface area contributed by atoms with Gasteiger partial charge in [0.2, 0.25) is 0 Å². The van der Waals surface area contributed by atoms with Crippen molar-refractivity contribution in [3.05, 3.63) is 29.1 Å². The number of fused-ring (bicyclic) bond motifs is 1. The lowest BCUT2D eigenvalue weighted by Crippen LogP contribution is -2.33. The topological polar surface area (TPSA) is 102 Å². The molecule has 1 aromatic rings. The van der Waals surface area contributed by atoms with Crippen molar-refractivity contribution in [3.63, 3.8) is 0 Å². The average Bonchev–Trinajstić information content (AvgIpc) is 3.27. The van der Waals surface area contributed by atoms with Gasteiger partial charge in [0.1, 0.15) is 5.82 Å². The molecule has 2 aliphatic rings. The van der Waals surface area contributed by atoms with E-state index in [9.17, 15) is 23.6 Å². The van der Waals surface area contributed by atoms with Crippen LogP contribution in [0.2, 0.25) is 0 Å². The minimum absolute atomic E-state index is 0.0580. The van der Waals surface area contributed by atoms with Crippen LogP contribution in [0.5, 0.6) is 0 Å². The molecule has 2 aliphatic heterocycles. The highest BCUT2D eigenvalue weighted by Crippen LogP contribution is 2.15. The van der Waals surface area contributed by atoms with Crippen LogP contribution < -0.4 is 10.8 Å². The maximum absolute atomic E-state index is 14.0. The SMILES string of the molecule is CC(CCCCC(=O)ON1C(=O)CCC1=O)NC(=O)c1cc(F)c2c(c1)[B]OC2. The van der Waals surface area contributed by atoms with Gasteiger partial charge in [0, 0.05) is 36.4 Å². The first kappa shape index (κ1) is 21.0. The minimum Gasteiger partial charge on any atom is -0.430 e. The first-order valence-corrected chi connectivity index (χ1v) is 9.50. The number of benzene rings is 1. The Bertz CT molecular complexity index is 830. The first-order valence-electron chi connectivity index (χ1n) is 9.50. The van der Waals surface area contributed by atoms with E-state index < -0.39 is 23.6 Å². The zero-order chi connectivity index (χ0) is 21.0. The van der Waals surface area contributed by atoms with Crippen molar-refractivity contribution in [2.24, 2.45) is 0 Å². The third-order valence-electron chi connectivity index (χ3n) is 4.77. The van der Waals surface area contributed by atoms with Gasteiger partial charge >= 0.3 is 13.5 Å². The van der Waals surface area contributed by atoms with Gasteiger partial charge in [-0.3, -0.25) is 14.4 Å². The summed E-state index contributed by atoms with van der Waals surface area (Å²) in [6.07, 6.45) is 1.88. The van der Waals surface area contributed by atoms with E-state index in [0.717, 1.165) is 0 Å². The molecule has 153 valence electrons. The van der Waals surface area contributed by atoms with E-state index in [1.165, 1.54) is 13.5 Å². The van der Waals surface area contributed by atoms with E-state index in [0.29, 0.717) is 35.4 Å². The van der Waals surface area contributed by atoms with Crippen molar-refractivity contribution in [1.29, 1.82) is 0 Å². The van der Waals surface area contributed by atoms with Crippen LogP contribution in [-0.4, -0.2) is 42.3 Å². The van der Waals surface area contributed by atoms with Gasteiger partial charge in [-0.1, -0.05) is 12.5 Å². The molecule has 1 aromatic carbocycles. The zero-order valence-electron chi connectivity index (χ0n) is 16.0. The third-order valence-corrected chi connectivity index (χ3v) is 4.77. The second-order valence-corrected chi connectivity index (χ2v) is 7.12. The quantitative estimate of drug-likeness (QED) is 0.393. The lowest BCUT2D eigenvalue weighted by atomic mass is 9.85. The van der Waals surface area contributed by atoms with Gasteiger partial charge in [-0.05, 0) is 31.3 Å². The summed E-state index contributed by atoms with van der Waals surface area (Å²) >= 11 is 0. The molecule has 0 aliphatic carbocycles. The zero-order valence-corrected chi connectivity index (χ0v) is 16.0. The summed E-state index contributed by atoms with van der Waals surface area (Å²) in [6, 6.07) is 2.60. The summed E-state index contributed by atoms with van der Waals surface area (Å²) in [6.45, 7) is 1.98. The number of unbranched alkanes of at least 4 members (excludes halogenated alkanes) is 1. The Hall–Kier alpha value is -2.75. The molecule has 10 heteroatoms. The van der Waals surface area contributed by atoms with Crippen molar-refractivity contribution in [2.75, 3.05) is 0 Å². The number of amides is 3. The van der Waals surface area contributed by atoms with Crippen molar-refractivity contribution in [3.8, 4) is 0 Å². The van der Waals surface area contributed by atoms with Gasteiger partial charge < -0.3 is 14.8 Å². The van der Waals surface area contributed by atoms with Crippen molar-refractivity contribution in [2.45, 2.75) is 58.1 Å². The van der Waals surface area contributed by atoms with Crippen molar-refractivity contribution >= 4 is 36.6 Å². The molecule has 29 heavy (non-hydrogen) atoms. The Morgan fingerprint density at radius 1 is 1.28 bits per heavy atom. The fraction of sp³-hybridized carbons (Fsp3) is 0.474. The summed E-state index contributed by atoms with van der Waals surface area (Å²) < 4.78 is 19.1. The second-order valence-electron chi connectivity index (χ2n) is 7.12. The maximum atomic E-state index is 14.0. The normalized spacial score (nSPS) is 16.4. The number of imide groups is 1. The van der Waals surface area contributed by atoms with Crippen molar-refractivity contribution in [1.82, 2.24) is 10.4 Å². The van der Waals surface area contributed by atoms with Crippen LogP contribution >= 0.6 is 0 Å². The van der Waals surface area contributed by atoms with Gasteiger partial charge in [0.15, 0.2) is 0 Å². The first-order chi connectivity index (χ1) is 13.8. The minimum atomic E-state index is -0.641. The Morgan fingerprint density at radius 3 is 2.72 bits per heavy atom. The van der Waals surface area contributed by atoms with Gasteiger partial charge in [-0.25, -0.2) is 9.18 Å². The fourth-order valence-corrected chi connectivity index (χ4v) is 3.17. The number of carbonyl (C=O) groups excluding carboxylic acids is 4. The van der Waals surface area contributed by atoms with Crippen LogP contribution in [0.4, 0.5) is 4.39 Å². The van der Waals surface area contributed by atoms with Gasteiger partial charge in [-0.2, -0.15) is 0 Å². The number of halogens is 1. The van der Waals surface area contributed by atoms with E-state index in [2.05, 4.69) is 5.32 Å². The molecule has 0 aromatic heterocycles. The summed E-state index contributed by atoms with van der Waals surface area (Å²) in [5.74, 6) is -2.51. The molecule has 0 saturated carbocycles. The molecule has 3 rings (SSSR count). The molecule has 8 nitrogen and oxygen atoms in total. The summed E-state index contributed by atoms with van der Waals surface area (Å²) in [7, 11) is 1.43. The van der Waals surface area contributed by atoms with E-state index >= 15 is 0 Å². The highest BCUT2D eigenvalue weighted by Gasteiger charge is 2.32. The number of nitrogens with one attached hydrogen (secondary N) is 1. The molecule has 0 bridgehead atoms. The number of nitrogens with zero attached hydrogens (tertiary/aromatic N) is 1. The second kappa shape index (κ2) is 9.17. The number of hydrogen-bond donors (Lipinski definition) is 1. The standard InChI is InChI=1S/C19H21BFN2O6/c1-11(4-2-3-5-18(26)29-23-16(24)6-7-17(23)25)22-19(27)12-8-14-13(10-28-20-14)15(21)9-12/h8-9,11H,2-7,10H2,1H3,(H,22,27). The van der Waals surface area contributed by atoms with E-state index in [1.54, 1.807) is 6.07 Å². The van der Waals surface area contributed by atoms with Crippen LogP contribution in [-0.2, 0) is 30.5 Å². The number of hydroxylamine groups is 2. The van der Waals surface area contributed by atoms with Gasteiger partial charge in [-0.15, -0.1) is 5.06 Å². The van der Waals surface area contributed by atoms with Gasteiger partial charge in [0.05, 0.1) is 6.61 Å². The smallest absolute Gasteiger partial charge is 0.333 e. The van der Waals surface area contributed by atoms with Gasteiger partial charge in [0.25, 0.3) is 17.7 Å². The fourth-order valence-electron chi connectivity index (χ4n) is 3.17.